The van der Waals surface area contributed by atoms with Crippen molar-refractivity contribution in [2.24, 2.45) is 5.92 Å². The summed E-state index contributed by atoms with van der Waals surface area (Å²) in [5.74, 6) is 0.0245. The molecule has 0 rings (SSSR count). The van der Waals surface area contributed by atoms with Gasteiger partial charge in [-0.25, -0.2) is 0 Å². The zero-order chi connectivity index (χ0) is 18.8. The quantitative estimate of drug-likeness (QED) is 0.166. The average molecular weight is 393 g/mol. The molecule has 0 aliphatic heterocycles. The Bertz CT molecular complexity index is 332. The van der Waals surface area contributed by atoms with Crippen LogP contribution in [0.2, 0.25) is 0 Å². The Kier molecular flexibility index (Phi) is 18.6. The minimum atomic E-state index is -0.197. The first-order chi connectivity index (χ1) is 12.0. The fourth-order valence-corrected chi connectivity index (χ4v) is 3.37. The molecule has 0 aromatic rings. The van der Waals surface area contributed by atoms with Gasteiger partial charge in [0, 0.05) is 12.3 Å². The molecule has 0 bridgehead atoms. The van der Waals surface area contributed by atoms with Crippen LogP contribution in [0.1, 0.15) is 116 Å². The maximum atomic E-state index is 10.9. The van der Waals surface area contributed by atoms with Crippen molar-refractivity contribution in [3.05, 3.63) is 0 Å². The Morgan fingerprint density at radius 1 is 0.600 bits per heavy atom. The minimum Gasteiger partial charge on any atom is -0.281 e. The molecule has 0 amide bonds. The third-order valence-electron chi connectivity index (χ3n) is 4.90. The number of unbranched alkanes of at least 4 members (excludes halogenated alkanes) is 14. The van der Waals surface area contributed by atoms with Gasteiger partial charge < -0.3 is 0 Å². The molecule has 0 aliphatic rings. The number of hydrogen-bond donors (Lipinski definition) is 0. The zero-order valence-electron chi connectivity index (χ0n) is 16.2. The molecule has 0 saturated heterocycles. The molecule has 0 radical (unpaired) electrons. The van der Waals surface area contributed by atoms with E-state index < -0.39 is 0 Å². The third-order valence-corrected chi connectivity index (χ3v) is 5.46. The number of carbonyl (C=O) groups excluding carboxylic acids is 2. The highest BCUT2D eigenvalue weighted by atomic mass is 35.5. The Morgan fingerprint density at radius 3 is 1.24 bits per heavy atom. The molecule has 0 N–H and O–H groups in total. The van der Waals surface area contributed by atoms with Gasteiger partial charge in [0.2, 0.25) is 10.5 Å². The summed E-state index contributed by atoms with van der Waals surface area (Å²) in [5.41, 5.74) is 0. The molecule has 4 heteroatoms. The lowest BCUT2D eigenvalue weighted by atomic mass is 10.0. The van der Waals surface area contributed by atoms with Crippen LogP contribution in [0.25, 0.3) is 0 Å². The molecule has 1 unspecified atom stereocenters. The summed E-state index contributed by atoms with van der Waals surface area (Å²) in [6.45, 7) is 1.92. The zero-order valence-corrected chi connectivity index (χ0v) is 17.7. The molecule has 0 spiro atoms. The first kappa shape index (κ1) is 24.9. The van der Waals surface area contributed by atoms with Crippen molar-refractivity contribution in [2.45, 2.75) is 116 Å². The molecule has 0 aromatic carbocycles. The first-order valence-corrected chi connectivity index (χ1v) is 11.2. The Balaban J connectivity index is 3.07. The lowest BCUT2D eigenvalue weighted by Crippen LogP contribution is -2.02. The van der Waals surface area contributed by atoms with Gasteiger partial charge in [0.15, 0.2) is 0 Å². The SMILES string of the molecule is CC(CCCCCCCCCCCCCCCCCC(=O)Cl)C(=O)Cl. The van der Waals surface area contributed by atoms with E-state index in [0.717, 1.165) is 25.7 Å². The third kappa shape index (κ3) is 20.1. The van der Waals surface area contributed by atoms with E-state index in [1.165, 1.54) is 77.0 Å². The maximum absolute atomic E-state index is 10.9. The van der Waals surface area contributed by atoms with Crippen molar-refractivity contribution < 1.29 is 9.59 Å². The standard InChI is InChI=1S/C21H38Cl2O2/c1-19(21(23)25)17-15-13-11-9-7-5-3-2-4-6-8-10-12-14-16-18-20(22)24/h19H,2-18H2,1H3. The monoisotopic (exact) mass is 392 g/mol. The lowest BCUT2D eigenvalue weighted by Gasteiger charge is -2.06. The highest BCUT2D eigenvalue weighted by molar-refractivity contribution is 6.64. The van der Waals surface area contributed by atoms with Gasteiger partial charge in [0.1, 0.15) is 0 Å². The number of hydrogen-bond acceptors (Lipinski definition) is 2. The summed E-state index contributed by atoms with van der Waals surface area (Å²) in [5, 5.41) is -0.389. The van der Waals surface area contributed by atoms with Gasteiger partial charge in [-0.05, 0) is 36.0 Å². The molecule has 0 aromatic heterocycles. The van der Waals surface area contributed by atoms with Crippen LogP contribution in [0.15, 0.2) is 0 Å². The van der Waals surface area contributed by atoms with Crippen molar-refractivity contribution in [3.63, 3.8) is 0 Å². The van der Waals surface area contributed by atoms with Crippen LogP contribution in [0, 0.1) is 5.92 Å². The topological polar surface area (TPSA) is 34.1 Å². The normalized spacial score (nSPS) is 12.3. The number of carbonyl (C=O) groups is 2. The van der Waals surface area contributed by atoms with Crippen molar-refractivity contribution >= 4 is 33.7 Å². The highest BCUT2D eigenvalue weighted by Crippen LogP contribution is 2.16. The molecule has 148 valence electrons. The molecule has 0 fully saturated rings. The van der Waals surface area contributed by atoms with E-state index in [-0.39, 0.29) is 16.4 Å². The van der Waals surface area contributed by atoms with E-state index in [1.54, 1.807) is 0 Å². The number of halogens is 2. The largest absolute Gasteiger partial charge is 0.281 e. The van der Waals surface area contributed by atoms with Gasteiger partial charge >= 0.3 is 0 Å². The molecule has 0 aliphatic carbocycles. The summed E-state index contributed by atoms with van der Waals surface area (Å²) in [6, 6.07) is 0. The van der Waals surface area contributed by atoms with Crippen LogP contribution in [0.4, 0.5) is 0 Å². The van der Waals surface area contributed by atoms with Crippen molar-refractivity contribution in [1.29, 1.82) is 0 Å². The predicted molar refractivity (Wildman–Crippen MR) is 109 cm³/mol. The summed E-state index contributed by atoms with van der Waals surface area (Å²) >= 11 is 10.8. The van der Waals surface area contributed by atoms with E-state index >= 15 is 0 Å². The Labute approximate surface area is 165 Å². The molecule has 2 nitrogen and oxygen atoms in total. The lowest BCUT2D eigenvalue weighted by molar-refractivity contribution is -0.115. The van der Waals surface area contributed by atoms with Crippen LogP contribution >= 0.6 is 23.2 Å². The fourth-order valence-electron chi connectivity index (χ4n) is 3.13. The van der Waals surface area contributed by atoms with Crippen LogP contribution < -0.4 is 0 Å². The summed E-state index contributed by atoms with van der Waals surface area (Å²) < 4.78 is 0. The van der Waals surface area contributed by atoms with Crippen LogP contribution in [-0.4, -0.2) is 10.5 Å². The fraction of sp³-hybridized carbons (Fsp3) is 0.905. The molecular formula is C21H38Cl2O2. The number of rotatable bonds is 19. The molecule has 0 saturated carbocycles. The minimum absolute atomic E-state index is 0.0245. The Morgan fingerprint density at radius 2 is 0.920 bits per heavy atom. The Hall–Kier alpha value is -0.0800. The van der Waals surface area contributed by atoms with Gasteiger partial charge in [-0.15, -0.1) is 0 Å². The van der Waals surface area contributed by atoms with Gasteiger partial charge in [0.05, 0.1) is 0 Å². The van der Waals surface area contributed by atoms with Crippen molar-refractivity contribution in [1.82, 2.24) is 0 Å². The van der Waals surface area contributed by atoms with Crippen molar-refractivity contribution in [3.8, 4) is 0 Å². The van der Waals surface area contributed by atoms with Crippen LogP contribution in [0.5, 0.6) is 0 Å². The molecule has 1 atom stereocenters. The van der Waals surface area contributed by atoms with Crippen LogP contribution in [-0.2, 0) is 9.59 Å². The van der Waals surface area contributed by atoms with Crippen molar-refractivity contribution in [2.75, 3.05) is 0 Å². The van der Waals surface area contributed by atoms with Gasteiger partial charge in [-0.2, -0.15) is 0 Å². The molecule has 25 heavy (non-hydrogen) atoms. The van der Waals surface area contributed by atoms with Gasteiger partial charge in [0.25, 0.3) is 0 Å². The summed E-state index contributed by atoms with van der Waals surface area (Å²) in [4.78, 5) is 21.5. The second-order valence-electron chi connectivity index (χ2n) is 7.40. The van der Waals surface area contributed by atoms with E-state index in [0.29, 0.717) is 6.42 Å². The van der Waals surface area contributed by atoms with E-state index in [9.17, 15) is 9.59 Å². The van der Waals surface area contributed by atoms with Gasteiger partial charge in [-0.3, -0.25) is 9.59 Å². The smallest absolute Gasteiger partial charge is 0.224 e. The van der Waals surface area contributed by atoms with Gasteiger partial charge in [-0.1, -0.05) is 96.8 Å². The second-order valence-corrected chi connectivity index (χ2v) is 8.20. The molecular weight excluding hydrogens is 355 g/mol. The first-order valence-electron chi connectivity index (χ1n) is 10.4. The van der Waals surface area contributed by atoms with E-state index in [2.05, 4.69) is 0 Å². The average Bonchev–Trinajstić information content (AvgIpc) is 2.57. The van der Waals surface area contributed by atoms with E-state index in [1.807, 2.05) is 6.92 Å². The predicted octanol–water partition coefficient (Wildman–Crippen LogP) is 7.79. The van der Waals surface area contributed by atoms with E-state index in [4.69, 9.17) is 23.2 Å². The maximum Gasteiger partial charge on any atom is 0.224 e. The highest BCUT2D eigenvalue weighted by Gasteiger charge is 2.08. The second kappa shape index (κ2) is 18.7. The van der Waals surface area contributed by atoms with Crippen LogP contribution in [0.3, 0.4) is 0 Å². The summed E-state index contributed by atoms with van der Waals surface area (Å²) in [7, 11) is 0. The summed E-state index contributed by atoms with van der Waals surface area (Å²) in [6.07, 6.45) is 20.6. The molecule has 0 heterocycles.